The van der Waals surface area contributed by atoms with Gasteiger partial charge in [-0.3, -0.25) is 4.57 Å². The highest BCUT2D eigenvalue weighted by molar-refractivity contribution is 5.78. The Balaban J connectivity index is 1.48. The lowest BCUT2D eigenvalue weighted by atomic mass is 9.91. The van der Waals surface area contributed by atoms with Gasteiger partial charge < -0.3 is 15.2 Å². The van der Waals surface area contributed by atoms with Gasteiger partial charge in [0.05, 0.1) is 29.4 Å². The molecule has 0 radical (unpaired) electrons. The van der Waals surface area contributed by atoms with Crippen LogP contribution in [0.3, 0.4) is 0 Å². The van der Waals surface area contributed by atoms with Crippen molar-refractivity contribution in [2.24, 2.45) is 0 Å². The van der Waals surface area contributed by atoms with Crippen molar-refractivity contribution >= 4 is 16.7 Å². The van der Waals surface area contributed by atoms with Crippen molar-refractivity contribution in [1.29, 1.82) is 0 Å². The molecule has 152 valence electrons. The highest BCUT2D eigenvalue weighted by atomic mass is 16.5. The summed E-state index contributed by atoms with van der Waals surface area (Å²) in [5, 5.41) is 12.6. The smallest absolute Gasteiger partial charge is 0.138 e. The maximum atomic E-state index is 8.95. The van der Waals surface area contributed by atoms with Crippen LogP contribution in [0.4, 0.5) is 5.69 Å². The summed E-state index contributed by atoms with van der Waals surface area (Å²) >= 11 is 0. The summed E-state index contributed by atoms with van der Waals surface area (Å²) in [6.07, 6.45) is 5.08. The minimum absolute atomic E-state index is 0.0102. The molecule has 0 fully saturated rings. The Labute approximate surface area is 175 Å². The average molecular weight is 400 g/mol. The van der Waals surface area contributed by atoms with Crippen LogP contribution in [0.1, 0.15) is 30.1 Å². The van der Waals surface area contributed by atoms with E-state index in [4.69, 9.17) is 14.8 Å². The van der Waals surface area contributed by atoms with Crippen molar-refractivity contribution in [1.82, 2.24) is 14.5 Å². The van der Waals surface area contributed by atoms with Crippen LogP contribution in [0.15, 0.2) is 67.0 Å². The van der Waals surface area contributed by atoms with E-state index in [0.29, 0.717) is 5.75 Å². The summed E-state index contributed by atoms with van der Waals surface area (Å²) in [5.74, 6) is 1.56. The maximum Gasteiger partial charge on any atom is 0.138 e. The van der Waals surface area contributed by atoms with Gasteiger partial charge >= 0.3 is 0 Å². The molecule has 1 aliphatic rings. The summed E-state index contributed by atoms with van der Waals surface area (Å²) in [6, 6.07) is 20.5. The third kappa shape index (κ3) is 3.62. The van der Waals surface area contributed by atoms with Crippen LogP contribution in [0.5, 0.6) is 5.75 Å². The van der Waals surface area contributed by atoms with Crippen LogP contribution in [0, 0.1) is 0 Å². The largest absolute Gasteiger partial charge is 0.491 e. The van der Waals surface area contributed by atoms with E-state index in [2.05, 4.69) is 34.6 Å². The van der Waals surface area contributed by atoms with Gasteiger partial charge in [-0.2, -0.15) is 0 Å². The minimum atomic E-state index is -0.0102. The Morgan fingerprint density at radius 2 is 2.00 bits per heavy atom. The fourth-order valence-electron chi connectivity index (χ4n) is 4.08. The van der Waals surface area contributed by atoms with Crippen molar-refractivity contribution in [2.45, 2.75) is 25.3 Å². The molecular weight excluding hydrogens is 376 g/mol. The average Bonchev–Trinajstić information content (AvgIpc) is 3.22. The number of hydrogen-bond acceptors (Lipinski definition) is 5. The number of fused-ring (bicyclic) bond motifs is 2. The number of para-hydroxylation sites is 1. The summed E-state index contributed by atoms with van der Waals surface area (Å²) in [6.45, 7) is 0.262. The Morgan fingerprint density at radius 1 is 1.10 bits per heavy atom. The molecule has 1 aliphatic carbocycles. The van der Waals surface area contributed by atoms with Crippen molar-refractivity contribution in [3.8, 4) is 11.6 Å². The number of aromatic nitrogens is 3. The highest BCUT2D eigenvalue weighted by Crippen LogP contribution is 2.32. The summed E-state index contributed by atoms with van der Waals surface area (Å²) in [4.78, 5) is 9.58. The molecule has 0 spiro atoms. The van der Waals surface area contributed by atoms with Crippen molar-refractivity contribution in [2.75, 3.05) is 18.5 Å². The molecule has 2 heterocycles. The number of aliphatic hydroxyl groups excluding tert-OH is 1. The molecule has 0 saturated carbocycles. The van der Waals surface area contributed by atoms with E-state index in [0.717, 1.165) is 47.5 Å². The highest BCUT2D eigenvalue weighted by Gasteiger charge is 2.22. The minimum Gasteiger partial charge on any atom is -0.491 e. The third-order valence-corrected chi connectivity index (χ3v) is 5.51. The molecule has 4 aromatic rings. The first-order valence-electron chi connectivity index (χ1n) is 10.3. The number of rotatable bonds is 6. The molecule has 0 amide bonds. The number of nitrogens with zero attached hydrogens (tertiary/aromatic N) is 3. The van der Waals surface area contributed by atoms with Gasteiger partial charge in [-0.05, 0) is 55.2 Å². The molecule has 0 saturated heterocycles. The number of nitrogens with one attached hydrogen (secondary N) is 1. The molecule has 1 unspecified atom stereocenters. The second-order valence-electron chi connectivity index (χ2n) is 7.51. The first-order chi connectivity index (χ1) is 14.8. The van der Waals surface area contributed by atoms with Crippen LogP contribution in [0.25, 0.3) is 16.9 Å². The topological polar surface area (TPSA) is 72.2 Å². The zero-order valence-electron chi connectivity index (χ0n) is 16.7. The lowest BCUT2D eigenvalue weighted by molar-refractivity contribution is 0.201. The Hall–Kier alpha value is -3.38. The van der Waals surface area contributed by atoms with Crippen molar-refractivity contribution in [3.05, 3.63) is 78.2 Å². The van der Waals surface area contributed by atoms with Crippen LogP contribution in [0.2, 0.25) is 0 Å². The van der Waals surface area contributed by atoms with E-state index in [1.54, 1.807) is 6.33 Å². The lowest BCUT2D eigenvalue weighted by Crippen LogP contribution is -2.20. The van der Waals surface area contributed by atoms with Crippen LogP contribution in [-0.2, 0) is 6.42 Å². The van der Waals surface area contributed by atoms with E-state index in [1.165, 1.54) is 5.56 Å². The second-order valence-corrected chi connectivity index (χ2v) is 7.51. The normalized spacial score (nSPS) is 15.7. The molecule has 6 nitrogen and oxygen atoms in total. The van der Waals surface area contributed by atoms with Crippen molar-refractivity contribution in [3.63, 3.8) is 0 Å². The molecule has 2 aromatic carbocycles. The molecule has 5 rings (SSSR count). The molecule has 0 aliphatic heterocycles. The van der Waals surface area contributed by atoms with Gasteiger partial charge in [0, 0.05) is 11.8 Å². The van der Waals surface area contributed by atoms with E-state index in [9.17, 15) is 0 Å². The molecule has 1 atom stereocenters. The molecular formula is C24H24N4O2. The van der Waals surface area contributed by atoms with Crippen LogP contribution >= 0.6 is 0 Å². The lowest BCUT2D eigenvalue weighted by Gasteiger charge is -2.26. The Bertz CT molecular complexity index is 1160. The van der Waals surface area contributed by atoms with Gasteiger partial charge in [-0.25, -0.2) is 9.97 Å². The summed E-state index contributed by atoms with van der Waals surface area (Å²) < 4.78 is 7.51. The standard InChI is InChI=1S/C24H24N4O2/c29-13-14-30-19-10-11-22-21(15-19)25-16-28(22)23-12-9-17-5-4-8-20(24(17)27-23)26-18-6-2-1-3-7-18/h1-3,6-7,9-12,15-16,20,26,29H,4-5,8,13-14H2. The van der Waals surface area contributed by atoms with Gasteiger partial charge in [-0.15, -0.1) is 0 Å². The number of pyridine rings is 1. The SMILES string of the molecule is OCCOc1ccc2c(c1)ncn2-c1ccc2c(n1)C(Nc1ccccc1)CCC2. The zero-order chi connectivity index (χ0) is 20.3. The summed E-state index contributed by atoms with van der Waals surface area (Å²) in [5.41, 5.74) is 5.35. The predicted molar refractivity (Wildman–Crippen MR) is 117 cm³/mol. The number of aliphatic hydroxyl groups is 1. The molecule has 2 aromatic heterocycles. The van der Waals surface area contributed by atoms with Gasteiger partial charge in [0.2, 0.25) is 0 Å². The molecule has 30 heavy (non-hydrogen) atoms. The zero-order valence-corrected chi connectivity index (χ0v) is 16.7. The number of imidazole rings is 1. The first kappa shape index (κ1) is 18.6. The van der Waals surface area contributed by atoms with E-state index < -0.39 is 0 Å². The number of benzene rings is 2. The van der Waals surface area contributed by atoms with E-state index in [-0.39, 0.29) is 19.3 Å². The van der Waals surface area contributed by atoms with Gasteiger partial charge in [0.15, 0.2) is 0 Å². The molecule has 2 N–H and O–H groups in total. The van der Waals surface area contributed by atoms with Gasteiger partial charge in [0.1, 0.15) is 24.5 Å². The summed E-state index contributed by atoms with van der Waals surface area (Å²) in [7, 11) is 0. The fourth-order valence-corrected chi connectivity index (χ4v) is 4.08. The quantitative estimate of drug-likeness (QED) is 0.505. The van der Waals surface area contributed by atoms with Crippen LogP contribution in [-0.4, -0.2) is 32.9 Å². The van der Waals surface area contributed by atoms with Gasteiger partial charge in [0.25, 0.3) is 0 Å². The van der Waals surface area contributed by atoms with E-state index in [1.807, 2.05) is 41.0 Å². The Morgan fingerprint density at radius 3 is 2.87 bits per heavy atom. The second kappa shape index (κ2) is 8.16. The first-order valence-corrected chi connectivity index (χ1v) is 10.3. The number of aryl methyl sites for hydroxylation is 1. The van der Waals surface area contributed by atoms with E-state index >= 15 is 0 Å². The number of hydrogen-bond donors (Lipinski definition) is 2. The van der Waals surface area contributed by atoms with Gasteiger partial charge in [-0.1, -0.05) is 24.3 Å². The number of ether oxygens (including phenoxy) is 1. The molecule has 6 heteroatoms. The van der Waals surface area contributed by atoms with Crippen molar-refractivity contribution < 1.29 is 9.84 Å². The maximum absolute atomic E-state index is 8.95. The fraction of sp³-hybridized carbons (Fsp3) is 0.250. The number of anilines is 1. The Kier molecular flexibility index (Phi) is 5.07. The molecule has 0 bridgehead atoms. The third-order valence-electron chi connectivity index (χ3n) is 5.51. The monoisotopic (exact) mass is 400 g/mol. The predicted octanol–water partition coefficient (Wildman–Crippen LogP) is 4.28. The van der Waals surface area contributed by atoms with Crippen LogP contribution < -0.4 is 10.1 Å².